The summed E-state index contributed by atoms with van der Waals surface area (Å²) in [5.41, 5.74) is 0.846. The van der Waals surface area contributed by atoms with Crippen LogP contribution in [0.15, 0.2) is 28.7 Å². The lowest BCUT2D eigenvalue weighted by atomic mass is 10.0. The van der Waals surface area contributed by atoms with Gasteiger partial charge in [-0.3, -0.25) is 9.59 Å². The van der Waals surface area contributed by atoms with E-state index in [4.69, 9.17) is 9.47 Å². The minimum Gasteiger partial charge on any atom is -0.469 e. The Bertz CT molecular complexity index is 543. The number of carbonyl (C=O) groups excluding carboxylic acids is 2. The summed E-state index contributed by atoms with van der Waals surface area (Å²) in [6.07, 6.45) is 4.63. The van der Waals surface area contributed by atoms with E-state index < -0.39 is 6.04 Å². The van der Waals surface area contributed by atoms with E-state index in [0.29, 0.717) is 0 Å². The smallest absolute Gasteiger partial charge is 0.307 e. The second-order valence-corrected chi connectivity index (χ2v) is 6.59. The molecule has 1 aliphatic rings. The Labute approximate surface area is 144 Å². The molecular formula is C17H22BrNO4. The maximum Gasteiger partial charge on any atom is 0.307 e. The summed E-state index contributed by atoms with van der Waals surface area (Å²) in [6.45, 7) is 0.0241. The van der Waals surface area contributed by atoms with Crippen LogP contribution in [0.1, 0.15) is 43.7 Å². The van der Waals surface area contributed by atoms with E-state index in [2.05, 4.69) is 21.2 Å². The molecule has 1 N–H and O–H groups in total. The Morgan fingerprint density at radius 2 is 2.09 bits per heavy atom. The predicted molar refractivity (Wildman–Crippen MR) is 89.9 cm³/mol. The Morgan fingerprint density at radius 3 is 2.74 bits per heavy atom. The molecule has 0 heterocycles. The van der Waals surface area contributed by atoms with Gasteiger partial charge in [-0.1, -0.05) is 40.9 Å². The van der Waals surface area contributed by atoms with Crippen LogP contribution < -0.4 is 5.32 Å². The standard InChI is InChI=1S/C17H22BrNO4/c1-22-17(21)10-15(12-5-4-6-13(18)9-12)19-16(20)11-23-14-7-2-3-8-14/h4-6,9,14-15H,2-3,7-8,10-11H2,1H3,(H,19,20)/t15-/m1/s1. The van der Waals surface area contributed by atoms with Gasteiger partial charge in [-0.25, -0.2) is 0 Å². The fourth-order valence-electron chi connectivity index (χ4n) is 2.71. The van der Waals surface area contributed by atoms with E-state index in [1.165, 1.54) is 7.11 Å². The third-order valence-electron chi connectivity index (χ3n) is 3.94. The Balaban J connectivity index is 1.95. The molecule has 1 amide bonds. The molecule has 1 saturated carbocycles. The van der Waals surface area contributed by atoms with Crippen molar-refractivity contribution in [1.82, 2.24) is 5.32 Å². The van der Waals surface area contributed by atoms with E-state index in [-0.39, 0.29) is 31.0 Å². The van der Waals surface area contributed by atoms with Crippen LogP contribution in [0.3, 0.4) is 0 Å². The highest BCUT2D eigenvalue weighted by Gasteiger charge is 2.21. The minimum atomic E-state index is -0.431. The summed E-state index contributed by atoms with van der Waals surface area (Å²) in [5.74, 6) is -0.585. The summed E-state index contributed by atoms with van der Waals surface area (Å²) in [5, 5.41) is 2.86. The maximum absolute atomic E-state index is 12.1. The van der Waals surface area contributed by atoms with E-state index in [1.54, 1.807) is 0 Å². The highest BCUT2D eigenvalue weighted by atomic mass is 79.9. The van der Waals surface area contributed by atoms with Gasteiger partial charge in [-0.05, 0) is 30.5 Å². The number of carbonyl (C=O) groups is 2. The molecule has 1 atom stereocenters. The molecule has 1 aromatic carbocycles. The average molecular weight is 384 g/mol. The van der Waals surface area contributed by atoms with E-state index in [1.807, 2.05) is 24.3 Å². The van der Waals surface area contributed by atoms with Crippen molar-refractivity contribution in [1.29, 1.82) is 0 Å². The lowest BCUT2D eigenvalue weighted by molar-refractivity contribution is -0.141. The third-order valence-corrected chi connectivity index (χ3v) is 4.43. The normalized spacial score (nSPS) is 16.1. The number of benzene rings is 1. The van der Waals surface area contributed by atoms with Gasteiger partial charge in [0.15, 0.2) is 0 Å². The molecule has 0 aromatic heterocycles. The van der Waals surface area contributed by atoms with Crippen LogP contribution in [0, 0.1) is 0 Å². The number of esters is 1. The van der Waals surface area contributed by atoms with Crippen molar-refractivity contribution in [3.63, 3.8) is 0 Å². The summed E-state index contributed by atoms with van der Waals surface area (Å²) in [4.78, 5) is 23.8. The first kappa shape index (κ1) is 17.9. The van der Waals surface area contributed by atoms with E-state index in [0.717, 1.165) is 35.7 Å². The highest BCUT2D eigenvalue weighted by Crippen LogP contribution is 2.22. The molecule has 0 bridgehead atoms. The van der Waals surface area contributed by atoms with Gasteiger partial charge in [0.25, 0.3) is 0 Å². The van der Waals surface area contributed by atoms with Crippen molar-refractivity contribution in [3.8, 4) is 0 Å². The predicted octanol–water partition coefficient (Wildman–Crippen LogP) is 3.13. The number of halogens is 1. The molecule has 6 heteroatoms. The Kier molecular flexibility index (Phi) is 7.05. The minimum absolute atomic E-state index is 0.0241. The molecule has 23 heavy (non-hydrogen) atoms. The van der Waals surface area contributed by atoms with E-state index in [9.17, 15) is 9.59 Å². The monoisotopic (exact) mass is 383 g/mol. The number of hydrogen-bond donors (Lipinski definition) is 1. The summed E-state index contributed by atoms with van der Waals surface area (Å²) in [7, 11) is 1.34. The van der Waals surface area contributed by atoms with Crippen LogP contribution in [0.5, 0.6) is 0 Å². The zero-order valence-electron chi connectivity index (χ0n) is 13.2. The molecule has 0 saturated heterocycles. The van der Waals surface area contributed by atoms with Crippen molar-refractivity contribution in [3.05, 3.63) is 34.3 Å². The van der Waals surface area contributed by atoms with Gasteiger partial charge >= 0.3 is 5.97 Å². The van der Waals surface area contributed by atoms with Crippen molar-refractivity contribution in [2.75, 3.05) is 13.7 Å². The van der Waals surface area contributed by atoms with Gasteiger partial charge in [0.05, 0.1) is 25.7 Å². The number of hydrogen-bond acceptors (Lipinski definition) is 4. The quantitative estimate of drug-likeness (QED) is 0.734. The zero-order chi connectivity index (χ0) is 16.7. The van der Waals surface area contributed by atoms with Crippen LogP contribution in [0.2, 0.25) is 0 Å². The van der Waals surface area contributed by atoms with Crippen LogP contribution >= 0.6 is 15.9 Å². The molecule has 0 unspecified atom stereocenters. The van der Waals surface area contributed by atoms with Crippen molar-refractivity contribution in [2.24, 2.45) is 0 Å². The van der Waals surface area contributed by atoms with Gasteiger partial charge in [0.1, 0.15) is 6.61 Å². The van der Waals surface area contributed by atoms with Gasteiger partial charge in [-0.2, -0.15) is 0 Å². The average Bonchev–Trinajstić information content (AvgIpc) is 3.05. The molecule has 0 spiro atoms. The Morgan fingerprint density at radius 1 is 1.35 bits per heavy atom. The fourth-order valence-corrected chi connectivity index (χ4v) is 3.13. The molecule has 1 aromatic rings. The fraction of sp³-hybridized carbons (Fsp3) is 0.529. The second-order valence-electron chi connectivity index (χ2n) is 5.67. The lowest BCUT2D eigenvalue weighted by Crippen LogP contribution is -2.34. The van der Waals surface area contributed by atoms with Gasteiger partial charge in [-0.15, -0.1) is 0 Å². The summed E-state index contributed by atoms with van der Waals surface area (Å²) in [6, 6.07) is 7.08. The molecule has 5 nitrogen and oxygen atoms in total. The lowest BCUT2D eigenvalue weighted by Gasteiger charge is -2.19. The SMILES string of the molecule is COC(=O)C[C@@H](NC(=O)COC1CCCC1)c1cccc(Br)c1. The number of amides is 1. The van der Waals surface area contributed by atoms with Gasteiger partial charge < -0.3 is 14.8 Å². The first-order valence-corrected chi connectivity index (χ1v) is 8.61. The van der Waals surface area contributed by atoms with Crippen molar-refractivity contribution < 1.29 is 19.1 Å². The molecule has 126 valence electrons. The molecule has 1 aliphatic carbocycles. The van der Waals surface area contributed by atoms with Crippen molar-refractivity contribution in [2.45, 2.75) is 44.2 Å². The second kappa shape index (κ2) is 9.03. The number of ether oxygens (including phenoxy) is 2. The summed E-state index contributed by atoms with van der Waals surface area (Å²) < 4.78 is 11.2. The van der Waals surface area contributed by atoms with Crippen LogP contribution in [0.25, 0.3) is 0 Å². The highest BCUT2D eigenvalue weighted by molar-refractivity contribution is 9.10. The molecule has 0 radical (unpaired) electrons. The third kappa shape index (κ3) is 5.95. The Hall–Kier alpha value is -1.40. The molecule has 2 rings (SSSR count). The largest absolute Gasteiger partial charge is 0.469 e. The number of rotatable bonds is 7. The first-order valence-electron chi connectivity index (χ1n) is 7.81. The van der Waals surface area contributed by atoms with Crippen LogP contribution in [-0.2, 0) is 19.1 Å². The van der Waals surface area contributed by atoms with Gasteiger partial charge in [0.2, 0.25) is 5.91 Å². The van der Waals surface area contributed by atoms with Gasteiger partial charge in [0, 0.05) is 4.47 Å². The van der Waals surface area contributed by atoms with Crippen LogP contribution in [-0.4, -0.2) is 31.7 Å². The zero-order valence-corrected chi connectivity index (χ0v) is 14.8. The molecule has 0 aliphatic heterocycles. The first-order chi connectivity index (χ1) is 11.1. The number of methoxy groups -OCH3 is 1. The van der Waals surface area contributed by atoms with E-state index >= 15 is 0 Å². The van der Waals surface area contributed by atoms with Crippen molar-refractivity contribution >= 4 is 27.8 Å². The molecular weight excluding hydrogens is 362 g/mol. The summed E-state index contributed by atoms with van der Waals surface area (Å²) >= 11 is 3.40. The van der Waals surface area contributed by atoms with Crippen LogP contribution in [0.4, 0.5) is 0 Å². The topological polar surface area (TPSA) is 64.6 Å². The number of nitrogens with one attached hydrogen (secondary N) is 1. The molecule has 1 fully saturated rings. The maximum atomic E-state index is 12.1.